The van der Waals surface area contributed by atoms with Crippen molar-refractivity contribution >= 4 is 9.84 Å². The van der Waals surface area contributed by atoms with Gasteiger partial charge in [-0.15, -0.1) is 0 Å². The van der Waals surface area contributed by atoms with Gasteiger partial charge in [0.25, 0.3) is 0 Å². The number of sulfone groups is 1. The maximum Gasteiger partial charge on any atom is 0.151 e. The van der Waals surface area contributed by atoms with Gasteiger partial charge < -0.3 is 5.32 Å². The largest absolute Gasteiger partial charge is 0.318 e. The highest BCUT2D eigenvalue weighted by molar-refractivity contribution is 7.91. The fraction of sp³-hybridized carbons (Fsp3) is 1.00. The Morgan fingerprint density at radius 3 is 2.47 bits per heavy atom. The predicted molar refractivity (Wildman–Crippen MR) is 62.8 cm³/mol. The molecule has 5 heteroatoms. The summed E-state index contributed by atoms with van der Waals surface area (Å²) in [6.07, 6.45) is 0.770. The smallest absolute Gasteiger partial charge is 0.151 e. The Morgan fingerprint density at radius 2 is 2.07 bits per heavy atom. The molecule has 15 heavy (non-hydrogen) atoms. The predicted octanol–water partition coefficient (Wildman–Crippen LogP) is 0.103. The summed E-state index contributed by atoms with van der Waals surface area (Å²) in [4.78, 5) is 2.19. The lowest BCUT2D eigenvalue weighted by Crippen LogP contribution is -2.52. The minimum atomic E-state index is -2.78. The van der Waals surface area contributed by atoms with Crippen LogP contribution in [0, 0.1) is 0 Å². The van der Waals surface area contributed by atoms with Crippen LogP contribution >= 0.6 is 0 Å². The van der Waals surface area contributed by atoms with E-state index >= 15 is 0 Å². The lowest BCUT2D eigenvalue weighted by atomic mass is 10.0. The number of hydrogen-bond donors (Lipinski definition) is 1. The first-order valence-electron chi connectivity index (χ1n) is 5.36. The molecule has 0 saturated carbocycles. The molecule has 0 aliphatic carbocycles. The molecule has 1 saturated heterocycles. The Bertz CT molecular complexity index is 311. The van der Waals surface area contributed by atoms with E-state index in [-0.39, 0.29) is 11.6 Å². The van der Waals surface area contributed by atoms with E-state index in [1.165, 1.54) is 0 Å². The molecule has 1 rings (SSSR count). The molecule has 1 aliphatic heterocycles. The molecule has 0 aromatic rings. The summed E-state index contributed by atoms with van der Waals surface area (Å²) < 4.78 is 22.8. The van der Waals surface area contributed by atoms with Gasteiger partial charge in [-0.1, -0.05) is 0 Å². The van der Waals surface area contributed by atoms with E-state index in [4.69, 9.17) is 0 Å². The Hall–Kier alpha value is -0.130. The van der Waals surface area contributed by atoms with E-state index < -0.39 is 9.84 Å². The lowest BCUT2D eigenvalue weighted by Gasteiger charge is -2.39. The van der Waals surface area contributed by atoms with Gasteiger partial charge in [-0.3, -0.25) is 4.90 Å². The molecule has 1 aliphatic rings. The van der Waals surface area contributed by atoms with Crippen molar-refractivity contribution in [3.63, 3.8) is 0 Å². The second kappa shape index (κ2) is 4.39. The Morgan fingerprint density at radius 1 is 1.47 bits per heavy atom. The third-order valence-corrected chi connectivity index (χ3v) is 5.07. The van der Waals surface area contributed by atoms with Crippen LogP contribution in [0.2, 0.25) is 0 Å². The van der Waals surface area contributed by atoms with Crippen LogP contribution in [0.25, 0.3) is 0 Å². The van der Waals surface area contributed by atoms with Crippen LogP contribution < -0.4 is 5.32 Å². The summed E-state index contributed by atoms with van der Waals surface area (Å²) >= 11 is 0. The van der Waals surface area contributed by atoms with Crippen molar-refractivity contribution < 1.29 is 8.42 Å². The Labute approximate surface area is 93.0 Å². The fourth-order valence-corrected chi connectivity index (χ4v) is 3.91. The first-order chi connectivity index (χ1) is 6.78. The third kappa shape index (κ3) is 3.16. The normalized spacial score (nSPS) is 26.1. The number of hydrogen-bond acceptors (Lipinski definition) is 4. The van der Waals surface area contributed by atoms with Gasteiger partial charge >= 0.3 is 0 Å². The van der Waals surface area contributed by atoms with Gasteiger partial charge in [0.2, 0.25) is 0 Å². The van der Waals surface area contributed by atoms with E-state index in [1.807, 2.05) is 14.1 Å². The molecule has 0 amide bonds. The Kier molecular flexibility index (Phi) is 3.79. The van der Waals surface area contributed by atoms with Crippen molar-refractivity contribution in [2.45, 2.75) is 31.8 Å². The SMILES string of the molecule is CNCC(C)(C)N(C)C1CCS(=O)(=O)C1. The number of likely N-dealkylation sites (N-methyl/N-ethyl adjacent to an activating group) is 2. The molecule has 0 bridgehead atoms. The van der Waals surface area contributed by atoms with Crippen molar-refractivity contribution in [2.75, 3.05) is 32.1 Å². The average molecular weight is 234 g/mol. The van der Waals surface area contributed by atoms with Gasteiger partial charge in [-0.2, -0.15) is 0 Å². The zero-order valence-corrected chi connectivity index (χ0v) is 10.9. The minimum absolute atomic E-state index is 0.000718. The van der Waals surface area contributed by atoms with Crippen molar-refractivity contribution in [2.24, 2.45) is 0 Å². The molecule has 1 N–H and O–H groups in total. The maximum atomic E-state index is 11.4. The molecule has 1 heterocycles. The van der Waals surface area contributed by atoms with Crippen molar-refractivity contribution in [3.8, 4) is 0 Å². The summed E-state index contributed by atoms with van der Waals surface area (Å²) in [5, 5.41) is 3.14. The van der Waals surface area contributed by atoms with Gasteiger partial charge in [-0.05, 0) is 34.4 Å². The van der Waals surface area contributed by atoms with Crippen LogP contribution in [0.15, 0.2) is 0 Å². The van der Waals surface area contributed by atoms with E-state index in [2.05, 4.69) is 24.1 Å². The monoisotopic (exact) mass is 234 g/mol. The third-order valence-electron chi connectivity index (χ3n) is 3.32. The van der Waals surface area contributed by atoms with Gasteiger partial charge in [0.15, 0.2) is 9.84 Å². The highest BCUT2D eigenvalue weighted by Crippen LogP contribution is 2.23. The van der Waals surface area contributed by atoms with E-state index in [9.17, 15) is 8.42 Å². The van der Waals surface area contributed by atoms with Crippen LogP contribution in [-0.2, 0) is 9.84 Å². The summed E-state index contributed by atoms with van der Waals surface area (Å²) in [5.74, 6) is 0.661. The molecular weight excluding hydrogens is 212 g/mol. The van der Waals surface area contributed by atoms with Crippen LogP contribution in [0.5, 0.6) is 0 Å². The molecule has 0 spiro atoms. The second-order valence-corrected chi connectivity index (χ2v) is 7.24. The summed E-state index contributed by atoms with van der Waals surface area (Å²) in [6.45, 7) is 5.13. The highest BCUT2D eigenvalue weighted by Gasteiger charge is 2.36. The van der Waals surface area contributed by atoms with E-state index in [1.54, 1.807) is 0 Å². The van der Waals surface area contributed by atoms with Crippen molar-refractivity contribution in [1.29, 1.82) is 0 Å². The molecule has 0 aromatic carbocycles. The van der Waals surface area contributed by atoms with Crippen LogP contribution in [0.3, 0.4) is 0 Å². The molecule has 1 atom stereocenters. The van der Waals surface area contributed by atoms with Gasteiger partial charge in [-0.25, -0.2) is 8.42 Å². The quantitative estimate of drug-likeness (QED) is 0.750. The second-order valence-electron chi connectivity index (χ2n) is 5.01. The molecule has 1 fully saturated rings. The van der Waals surface area contributed by atoms with Crippen LogP contribution in [0.1, 0.15) is 20.3 Å². The topological polar surface area (TPSA) is 49.4 Å². The highest BCUT2D eigenvalue weighted by atomic mass is 32.2. The van der Waals surface area contributed by atoms with E-state index in [0.29, 0.717) is 11.5 Å². The summed E-state index contributed by atoms with van der Waals surface area (Å²) in [7, 11) is 1.16. The summed E-state index contributed by atoms with van der Waals surface area (Å²) in [6, 6.07) is 0.179. The molecule has 0 radical (unpaired) electrons. The van der Waals surface area contributed by atoms with Crippen LogP contribution in [0.4, 0.5) is 0 Å². The molecule has 90 valence electrons. The van der Waals surface area contributed by atoms with Crippen LogP contribution in [-0.4, -0.2) is 57.0 Å². The molecule has 4 nitrogen and oxygen atoms in total. The average Bonchev–Trinajstić information content (AvgIpc) is 2.44. The fourth-order valence-electron chi connectivity index (χ4n) is 2.13. The zero-order chi connectivity index (χ0) is 11.7. The van der Waals surface area contributed by atoms with E-state index in [0.717, 1.165) is 13.0 Å². The van der Waals surface area contributed by atoms with Gasteiger partial charge in [0.1, 0.15) is 0 Å². The number of rotatable bonds is 4. The standard InChI is InChI=1S/C10H22N2O2S/c1-10(2,8-11-3)12(4)9-5-6-15(13,14)7-9/h9,11H,5-8H2,1-4H3. The van der Waals surface area contributed by atoms with Crippen molar-refractivity contribution in [1.82, 2.24) is 10.2 Å². The Balaban J connectivity index is 2.66. The van der Waals surface area contributed by atoms with Gasteiger partial charge in [0.05, 0.1) is 11.5 Å². The number of nitrogens with one attached hydrogen (secondary N) is 1. The van der Waals surface area contributed by atoms with Gasteiger partial charge in [0, 0.05) is 18.1 Å². The zero-order valence-electron chi connectivity index (χ0n) is 10.1. The summed E-state index contributed by atoms with van der Waals surface area (Å²) in [5.41, 5.74) is -0.000718. The lowest BCUT2D eigenvalue weighted by molar-refractivity contribution is 0.113. The molecular formula is C10H22N2O2S. The molecule has 1 unspecified atom stereocenters. The number of nitrogens with zero attached hydrogens (tertiary/aromatic N) is 1. The van der Waals surface area contributed by atoms with Crippen molar-refractivity contribution in [3.05, 3.63) is 0 Å². The maximum absolute atomic E-state index is 11.4. The molecule has 0 aromatic heterocycles. The minimum Gasteiger partial charge on any atom is -0.318 e. The first kappa shape index (κ1) is 12.9. The first-order valence-corrected chi connectivity index (χ1v) is 7.18.